The molecule has 1 aromatic carbocycles. The van der Waals surface area contributed by atoms with Gasteiger partial charge >= 0.3 is 0 Å². The second-order valence-corrected chi connectivity index (χ2v) is 8.40. The molecular weight excluding hydrogens is 378 g/mol. The third-order valence-corrected chi connectivity index (χ3v) is 5.50. The Morgan fingerprint density at radius 3 is 2.43 bits per heavy atom. The summed E-state index contributed by atoms with van der Waals surface area (Å²) in [6, 6.07) is 11.8. The SMILES string of the molecule is Cc1cc(C(=O)CN(C)Cc2ccco2)c(C)n1-c1ccc(S(N)(=O)=O)cc1. The minimum absolute atomic E-state index is 0.00885. The summed E-state index contributed by atoms with van der Waals surface area (Å²) < 4.78 is 30.1. The van der Waals surface area contributed by atoms with Crippen molar-refractivity contribution in [3.63, 3.8) is 0 Å². The monoisotopic (exact) mass is 401 g/mol. The Bertz CT molecular complexity index is 1080. The van der Waals surface area contributed by atoms with E-state index in [1.807, 2.05) is 48.6 Å². The maximum atomic E-state index is 12.8. The van der Waals surface area contributed by atoms with Gasteiger partial charge in [-0.1, -0.05) is 0 Å². The fourth-order valence-electron chi connectivity index (χ4n) is 3.28. The van der Waals surface area contributed by atoms with E-state index in [1.165, 1.54) is 12.1 Å². The third-order valence-electron chi connectivity index (χ3n) is 4.57. The van der Waals surface area contributed by atoms with Crippen molar-refractivity contribution in [2.24, 2.45) is 5.14 Å². The number of aryl methyl sites for hydroxylation is 1. The fourth-order valence-corrected chi connectivity index (χ4v) is 3.80. The van der Waals surface area contributed by atoms with Crippen LogP contribution in [0.2, 0.25) is 0 Å². The molecule has 0 aliphatic carbocycles. The van der Waals surface area contributed by atoms with Crippen molar-refractivity contribution in [2.75, 3.05) is 13.6 Å². The Labute approximate surface area is 164 Å². The van der Waals surface area contributed by atoms with Crippen molar-refractivity contribution in [2.45, 2.75) is 25.3 Å². The number of benzene rings is 1. The summed E-state index contributed by atoms with van der Waals surface area (Å²) in [7, 11) is -1.88. The molecule has 3 rings (SSSR count). The quantitative estimate of drug-likeness (QED) is 0.614. The van der Waals surface area contributed by atoms with Gasteiger partial charge in [-0.05, 0) is 63.4 Å². The van der Waals surface area contributed by atoms with E-state index in [9.17, 15) is 13.2 Å². The maximum Gasteiger partial charge on any atom is 0.238 e. The number of ketones is 1. The van der Waals surface area contributed by atoms with Gasteiger partial charge in [-0.2, -0.15) is 0 Å². The lowest BCUT2D eigenvalue weighted by Crippen LogP contribution is -2.25. The molecule has 28 heavy (non-hydrogen) atoms. The predicted molar refractivity (Wildman–Crippen MR) is 106 cm³/mol. The highest BCUT2D eigenvalue weighted by atomic mass is 32.2. The molecule has 0 bridgehead atoms. The van der Waals surface area contributed by atoms with E-state index in [2.05, 4.69) is 0 Å². The third kappa shape index (κ3) is 4.24. The Kier molecular flexibility index (Phi) is 5.55. The zero-order valence-corrected chi connectivity index (χ0v) is 16.9. The first-order chi connectivity index (χ1) is 13.2. The molecule has 0 aliphatic heterocycles. The molecule has 0 fully saturated rings. The van der Waals surface area contributed by atoms with Gasteiger partial charge in [-0.3, -0.25) is 9.69 Å². The van der Waals surface area contributed by atoms with Gasteiger partial charge in [-0.15, -0.1) is 0 Å². The van der Waals surface area contributed by atoms with E-state index in [-0.39, 0.29) is 17.2 Å². The van der Waals surface area contributed by atoms with Gasteiger partial charge < -0.3 is 8.98 Å². The minimum Gasteiger partial charge on any atom is -0.468 e. The standard InChI is InChI=1S/C20H23N3O4S/c1-14-11-19(20(24)13-22(3)12-17-5-4-10-27-17)15(2)23(14)16-6-8-18(9-7-16)28(21,25)26/h4-11H,12-13H2,1-3H3,(H2,21,25,26). The summed E-state index contributed by atoms with van der Waals surface area (Å²) in [4.78, 5) is 14.8. The van der Waals surface area contributed by atoms with E-state index in [4.69, 9.17) is 9.56 Å². The van der Waals surface area contributed by atoms with Gasteiger partial charge in [0.25, 0.3) is 0 Å². The highest BCUT2D eigenvalue weighted by molar-refractivity contribution is 7.89. The predicted octanol–water partition coefficient (Wildman–Crippen LogP) is 2.65. The summed E-state index contributed by atoms with van der Waals surface area (Å²) in [5.41, 5.74) is 3.10. The molecule has 0 saturated carbocycles. The number of likely N-dealkylation sites (N-methyl/N-ethyl adjacent to an activating group) is 1. The van der Waals surface area contributed by atoms with Gasteiger partial charge in [0.1, 0.15) is 5.76 Å². The second kappa shape index (κ2) is 7.75. The number of carbonyl (C=O) groups excluding carboxylic acids is 1. The van der Waals surface area contributed by atoms with Gasteiger partial charge in [0.2, 0.25) is 10.0 Å². The fraction of sp³-hybridized carbons (Fsp3) is 0.250. The molecule has 0 saturated heterocycles. The van der Waals surface area contributed by atoms with Crippen LogP contribution >= 0.6 is 0 Å². The highest BCUT2D eigenvalue weighted by Gasteiger charge is 2.19. The molecule has 8 heteroatoms. The second-order valence-electron chi connectivity index (χ2n) is 6.83. The first-order valence-electron chi connectivity index (χ1n) is 8.73. The van der Waals surface area contributed by atoms with E-state index in [0.717, 1.165) is 22.8 Å². The molecular formula is C20H23N3O4S. The first kappa shape index (κ1) is 20.1. The highest BCUT2D eigenvalue weighted by Crippen LogP contribution is 2.22. The number of rotatable bonds is 7. The van der Waals surface area contributed by atoms with E-state index in [0.29, 0.717) is 12.1 Å². The molecule has 3 aromatic rings. The normalized spacial score (nSPS) is 11.9. The van der Waals surface area contributed by atoms with Gasteiger partial charge in [0.05, 0.1) is 24.2 Å². The molecule has 0 radical (unpaired) electrons. The minimum atomic E-state index is -3.74. The average Bonchev–Trinajstić information content (AvgIpc) is 3.22. The number of furan rings is 1. The van der Waals surface area contributed by atoms with Crippen LogP contribution in [0.4, 0.5) is 0 Å². The lowest BCUT2D eigenvalue weighted by Gasteiger charge is -2.14. The number of Topliss-reactive ketones (excluding diaryl/α,β-unsaturated/α-hetero) is 1. The number of carbonyl (C=O) groups is 1. The number of hydrogen-bond acceptors (Lipinski definition) is 5. The van der Waals surface area contributed by atoms with Crippen LogP contribution in [0.15, 0.2) is 58.0 Å². The van der Waals surface area contributed by atoms with Gasteiger partial charge in [-0.25, -0.2) is 13.6 Å². The smallest absolute Gasteiger partial charge is 0.238 e. The largest absolute Gasteiger partial charge is 0.468 e. The van der Waals surface area contributed by atoms with Crippen LogP contribution in [-0.2, 0) is 16.6 Å². The van der Waals surface area contributed by atoms with E-state index in [1.54, 1.807) is 18.4 Å². The Morgan fingerprint density at radius 2 is 1.86 bits per heavy atom. The first-order valence-corrected chi connectivity index (χ1v) is 10.3. The molecule has 0 aliphatic rings. The molecule has 7 nitrogen and oxygen atoms in total. The van der Waals surface area contributed by atoms with Crippen LogP contribution in [0.5, 0.6) is 0 Å². The van der Waals surface area contributed by atoms with Crippen molar-refractivity contribution in [3.8, 4) is 5.69 Å². The zero-order valence-electron chi connectivity index (χ0n) is 16.0. The zero-order chi connectivity index (χ0) is 20.5. The lowest BCUT2D eigenvalue weighted by molar-refractivity contribution is 0.0939. The van der Waals surface area contributed by atoms with Gasteiger partial charge in [0.15, 0.2) is 5.78 Å². The van der Waals surface area contributed by atoms with Crippen LogP contribution in [-0.4, -0.2) is 37.3 Å². The summed E-state index contributed by atoms with van der Waals surface area (Å²) >= 11 is 0. The Morgan fingerprint density at radius 1 is 1.18 bits per heavy atom. The van der Waals surface area contributed by atoms with Crippen LogP contribution < -0.4 is 5.14 Å². The molecule has 0 atom stereocenters. The molecule has 2 aromatic heterocycles. The van der Waals surface area contributed by atoms with Crippen molar-refractivity contribution >= 4 is 15.8 Å². The molecule has 0 unspecified atom stereocenters. The molecule has 2 N–H and O–H groups in total. The van der Waals surface area contributed by atoms with Crippen molar-refractivity contribution < 1.29 is 17.6 Å². The summed E-state index contributed by atoms with van der Waals surface area (Å²) in [6.07, 6.45) is 1.61. The number of nitrogens with zero attached hydrogens (tertiary/aromatic N) is 2. The van der Waals surface area contributed by atoms with Crippen LogP contribution in [0.3, 0.4) is 0 Å². The number of primary sulfonamides is 1. The summed E-state index contributed by atoms with van der Waals surface area (Å²) in [5, 5.41) is 5.15. The van der Waals surface area contributed by atoms with Crippen LogP contribution in [0.1, 0.15) is 27.5 Å². The molecule has 148 valence electrons. The molecule has 2 heterocycles. The summed E-state index contributed by atoms with van der Waals surface area (Å²) in [5.74, 6) is 0.810. The Hall–Kier alpha value is -2.68. The average molecular weight is 401 g/mol. The van der Waals surface area contributed by atoms with Crippen molar-refractivity contribution in [1.29, 1.82) is 0 Å². The molecule has 0 spiro atoms. The van der Waals surface area contributed by atoms with E-state index < -0.39 is 10.0 Å². The lowest BCUT2D eigenvalue weighted by atomic mass is 10.1. The topological polar surface area (TPSA) is 98.5 Å². The van der Waals surface area contributed by atoms with E-state index >= 15 is 0 Å². The summed E-state index contributed by atoms with van der Waals surface area (Å²) in [6.45, 7) is 4.59. The maximum absolute atomic E-state index is 12.8. The van der Waals surface area contributed by atoms with Crippen molar-refractivity contribution in [3.05, 3.63) is 71.4 Å². The number of nitrogens with two attached hydrogens (primary N) is 1. The Balaban J connectivity index is 1.82. The van der Waals surface area contributed by atoms with Crippen LogP contribution in [0, 0.1) is 13.8 Å². The number of hydrogen-bond donors (Lipinski definition) is 1. The van der Waals surface area contributed by atoms with Crippen molar-refractivity contribution in [1.82, 2.24) is 9.47 Å². The number of aromatic nitrogens is 1. The molecule has 0 amide bonds. The van der Waals surface area contributed by atoms with Gasteiger partial charge in [0, 0.05) is 22.6 Å². The number of sulfonamides is 1. The van der Waals surface area contributed by atoms with Crippen LogP contribution in [0.25, 0.3) is 5.69 Å².